The number of aromatic nitrogens is 2. The van der Waals surface area contributed by atoms with Crippen LogP contribution in [-0.2, 0) is 6.42 Å². The number of nitrogens with one attached hydrogen (secondary N) is 1. The van der Waals surface area contributed by atoms with Crippen molar-refractivity contribution in [3.8, 4) is 0 Å². The smallest absolute Gasteiger partial charge is 0.256 e. The molecule has 116 valence electrons. The predicted molar refractivity (Wildman–Crippen MR) is 84.5 cm³/mol. The van der Waals surface area contributed by atoms with Crippen molar-refractivity contribution in [3.05, 3.63) is 41.0 Å². The first-order valence-corrected chi connectivity index (χ1v) is 8.06. The van der Waals surface area contributed by atoms with Gasteiger partial charge in [0.25, 0.3) is 5.91 Å². The lowest BCUT2D eigenvalue weighted by molar-refractivity contribution is 0.0238. The maximum atomic E-state index is 12.3. The first-order valence-electron chi connectivity index (χ1n) is 7.22. The largest absolute Gasteiger partial charge is 0.393 e. The average molecular weight is 318 g/mol. The Labute approximate surface area is 132 Å². The molecule has 0 spiro atoms. The van der Waals surface area contributed by atoms with Gasteiger partial charge in [-0.2, -0.15) is 4.37 Å². The second-order valence-electron chi connectivity index (χ2n) is 5.60. The van der Waals surface area contributed by atoms with Crippen molar-refractivity contribution in [1.29, 1.82) is 0 Å². The van der Waals surface area contributed by atoms with Gasteiger partial charge in [-0.1, -0.05) is 6.07 Å². The molecule has 3 rings (SSSR count). The van der Waals surface area contributed by atoms with E-state index in [9.17, 15) is 9.90 Å². The zero-order valence-electron chi connectivity index (χ0n) is 12.0. The number of anilines is 1. The summed E-state index contributed by atoms with van der Waals surface area (Å²) >= 11 is 1.17. The van der Waals surface area contributed by atoms with Crippen LogP contribution in [0.25, 0.3) is 0 Å². The summed E-state index contributed by atoms with van der Waals surface area (Å²) in [6.45, 7) is 0. The Morgan fingerprint density at radius 3 is 2.91 bits per heavy atom. The van der Waals surface area contributed by atoms with E-state index < -0.39 is 0 Å². The van der Waals surface area contributed by atoms with Crippen LogP contribution in [0.3, 0.4) is 0 Å². The van der Waals surface area contributed by atoms with Crippen LogP contribution in [0.2, 0.25) is 0 Å². The van der Waals surface area contributed by atoms with Gasteiger partial charge in [0.05, 0.1) is 11.7 Å². The lowest BCUT2D eigenvalue weighted by Crippen LogP contribution is -2.48. The number of hydrogen-bond acceptors (Lipinski definition) is 6. The summed E-state index contributed by atoms with van der Waals surface area (Å²) < 4.78 is 3.93. The van der Waals surface area contributed by atoms with Crippen LogP contribution < -0.4 is 11.1 Å². The van der Waals surface area contributed by atoms with Crippen LogP contribution >= 0.6 is 11.5 Å². The molecule has 0 unspecified atom stereocenters. The number of nitrogen functional groups attached to an aromatic ring is 1. The molecule has 7 heteroatoms. The fourth-order valence-corrected chi connectivity index (χ4v) is 3.30. The highest BCUT2D eigenvalue weighted by Crippen LogP contribution is 2.31. The first-order chi connectivity index (χ1) is 10.6. The number of nitrogens with zero attached hydrogens (tertiary/aromatic N) is 2. The number of carbonyl (C=O) groups is 1. The third-order valence-corrected chi connectivity index (χ3v) is 4.68. The van der Waals surface area contributed by atoms with Crippen molar-refractivity contribution < 1.29 is 9.90 Å². The summed E-state index contributed by atoms with van der Waals surface area (Å²) in [5, 5.41) is 14.2. The third-order valence-electron chi connectivity index (χ3n) is 4.03. The number of aliphatic hydroxyl groups excluding tert-OH is 1. The minimum absolute atomic E-state index is 0.0647. The molecule has 2 aromatic rings. The normalized spacial score (nSPS) is 21.9. The molecule has 1 amide bonds. The van der Waals surface area contributed by atoms with Crippen molar-refractivity contribution in [2.75, 3.05) is 5.73 Å². The Kier molecular flexibility index (Phi) is 4.35. The molecule has 0 bridgehead atoms. The molecule has 2 aromatic heterocycles. The molecule has 2 heterocycles. The van der Waals surface area contributed by atoms with Gasteiger partial charge in [-0.3, -0.25) is 9.78 Å². The van der Waals surface area contributed by atoms with Crippen LogP contribution in [0.4, 0.5) is 5.82 Å². The van der Waals surface area contributed by atoms with Gasteiger partial charge in [0.2, 0.25) is 0 Å². The molecular weight excluding hydrogens is 300 g/mol. The van der Waals surface area contributed by atoms with Gasteiger partial charge < -0.3 is 16.2 Å². The molecule has 0 aromatic carbocycles. The minimum atomic E-state index is -0.263. The van der Waals surface area contributed by atoms with Gasteiger partial charge in [0.15, 0.2) is 0 Å². The zero-order chi connectivity index (χ0) is 15.5. The number of carbonyl (C=O) groups excluding carboxylic acids is 1. The molecule has 22 heavy (non-hydrogen) atoms. The molecule has 6 nitrogen and oxygen atoms in total. The van der Waals surface area contributed by atoms with E-state index >= 15 is 0 Å². The van der Waals surface area contributed by atoms with Gasteiger partial charge >= 0.3 is 0 Å². The Morgan fingerprint density at radius 2 is 2.32 bits per heavy atom. The van der Waals surface area contributed by atoms with Crippen LogP contribution in [-0.4, -0.2) is 32.5 Å². The van der Waals surface area contributed by atoms with E-state index in [0.29, 0.717) is 24.8 Å². The van der Waals surface area contributed by atoms with Crippen molar-refractivity contribution in [2.45, 2.75) is 31.4 Å². The Morgan fingerprint density at radius 1 is 1.50 bits per heavy atom. The molecule has 1 aliphatic rings. The lowest BCUT2D eigenvalue weighted by Gasteiger charge is -2.38. The zero-order valence-corrected chi connectivity index (χ0v) is 12.8. The molecule has 1 aliphatic carbocycles. The molecule has 0 aliphatic heterocycles. The van der Waals surface area contributed by atoms with Crippen molar-refractivity contribution in [3.63, 3.8) is 0 Å². The second kappa shape index (κ2) is 6.41. The number of hydrogen-bond donors (Lipinski definition) is 3. The van der Waals surface area contributed by atoms with E-state index in [1.807, 2.05) is 18.2 Å². The van der Waals surface area contributed by atoms with E-state index in [-0.39, 0.29) is 29.8 Å². The minimum Gasteiger partial charge on any atom is -0.393 e. The summed E-state index contributed by atoms with van der Waals surface area (Å²) in [4.78, 5) is 16.7. The predicted octanol–water partition coefficient (Wildman–Crippen LogP) is 1.23. The molecule has 1 atom stereocenters. The summed E-state index contributed by atoms with van der Waals surface area (Å²) in [5.74, 6) is 0.301. The highest BCUT2D eigenvalue weighted by molar-refractivity contribution is 7.04. The van der Waals surface area contributed by atoms with Gasteiger partial charge in [-0.15, -0.1) is 0 Å². The third kappa shape index (κ3) is 3.26. The maximum absolute atomic E-state index is 12.3. The topological polar surface area (TPSA) is 101 Å². The summed E-state index contributed by atoms with van der Waals surface area (Å²) in [5.41, 5.74) is 7.04. The second-order valence-corrected chi connectivity index (χ2v) is 6.23. The van der Waals surface area contributed by atoms with Gasteiger partial charge in [0, 0.05) is 29.7 Å². The highest BCUT2D eigenvalue weighted by atomic mass is 32.1. The quantitative estimate of drug-likeness (QED) is 0.770. The summed E-state index contributed by atoms with van der Waals surface area (Å²) in [6.07, 6.45) is 3.53. The molecule has 0 saturated heterocycles. The number of rotatable bonds is 5. The maximum Gasteiger partial charge on any atom is 0.256 e. The molecular formula is C15H18N4O2S. The van der Waals surface area contributed by atoms with E-state index in [1.165, 1.54) is 11.5 Å². The number of aliphatic hydroxyl groups is 1. The van der Waals surface area contributed by atoms with Gasteiger partial charge in [-0.05, 0) is 42.4 Å². The van der Waals surface area contributed by atoms with E-state index in [0.717, 1.165) is 5.69 Å². The fourth-order valence-electron chi connectivity index (χ4n) is 2.70. The van der Waals surface area contributed by atoms with Crippen LogP contribution in [0.5, 0.6) is 0 Å². The summed E-state index contributed by atoms with van der Waals surface area (Å²) in [6, 6.07) is 5.67. The number of amides is 1. The number of nitrogens with two attached hydrogens (primary N) is 1. The van der Waals surface area contributed by atoms with Gasteiger partial charge in [-0.25, -0.2) is 0 Å². The number of pyridine rings is 1. The molecule has 0 radical (unpaired) electrons. The van der Waals surface area contributed by atoms with Crippen LogP contribution in [0.15, 0.2) is 29.8 Å². The highest BCUT2D eigenvalue weighted by Gasteiger charge is 2.35. The molecule has 1 fully saturated rings. The van der Waals surface area contributed by atoms with Crippen LogP contribution in [0.1, 0.15) is 28.9 Å². The van der Waals surface area contributed by atoms with Crippen molar-refractivity contribution >= 4 is 23.3 Å². The van der Waals surface area contributed by atoms with Crippen LogP contribution in [0, 0.1) is 5.92 Å². The van der Waals surface area contributed by atoms with Crippen molar-refractivity contribution in [1.82, 2.24) is 14.7 Å². The van der Waals surface area contributed by atoms with E-state index in [1.54, 1.807) is 11.6 Å². The Hall–Kier alpha value is -1.99. The fraction of sp³-hybridized carbons (Fsp3) is 0.400. The Bertz CT molecular complexity index is 640. The summed E-state index contributed by atoms with van der Waals surface area (Å²) in [7, 11) is 0. The van der Waals surface area contributed by atoms with E-state index in [4.69, 9.17) is 5.73 Å². The van der Waals surface area contributed by atoms with Crippen molar-refractivity contribution in [2.24, 2.45) is 5.92 Å². The standard InChI is InChI=1S/C15H18N4O2S/c16-14-12(8-22-19-14)15(21)18-13(9-5-11(20)6-9)7-10-3-1-2-4-17-10/h1-4,8-9,11,13,20H,5-7H2,(H2,16,19)(H,18,21)/t9?,11?,13-/m0/s1. The first kappa shape index (κ1) is 14.9. The SMILES string of the molecule is Nc1nscc1C(=O)N[C@@H](Cc1ccccn1)C1CC(O)C1. The molecule has 1 saturated carbocycles. The monoisotopic (exact) mass is 318 g/mol. The van der Waals surface area contributed by atoms with Gasteiger partial charge in [0.1, 0.15) is 5.82 Å². The van der Waals surface area contributed by atoms with E-state index in [2.05, 4.69) is 14.7 Å². The average Bonchev–Trinajstić information content (AvgIpc) is 2.91. The lowest BCUT2D eigenvalue weighted by atomic mass is 9.76. The molecule has 4 N–H and O–H groups in total. The Balaban J connectivity index is 1.71.